The van der Waals surface area contributed by atoms with Crippen molar-refractivity contribution in [2.75, 3.05) is 55.1 Å². The maximum Gasteiger partial charge on any atom is 0.358 e. The summed E-state index contributed by atoms with van der Waals surface area (Å²) in [4.78, 5) is 40.7. The molecule has 0 aliphatic carbocycles. The number of benzene rings is 4. The van der Waals surface area contributed by atoms with Crippen LogP contribution in [0.15, 0.2) is 119 Å². The van der Waals surface area contributed by atoms with Crippen molar-refractivity contribution in [3.8, 4) is 22.5 Å². The fraction of sp³-hybridized carbons (Fsp3) is 0.244. The van der Waals surface area contributed by atoms with E-state index in [0.29, 0.717) is 54.0 Å². The van der Waals surface area contributed by atoms with Crippen molar-refractivity contribution in [1.29, 1.82) is 0 Å². The smallest absolute Gasteiger partial charge is 0.358 e. The third kappa shape index (κ3) is 12.3. The first kappa shape index (κ1) is 45.9. The van der Waals surface area contributed by atoms with Gasteiger partial charge in [0.25, 0.3) is 0 Å². The summed E-state index contributed by atoms with van der Waals surface area (Å²) in [5.41, 5.74) is 22.9. The second-order valence-electron chi connectivity index (χ2n) is 15.2. The van der Waals surface area contributed by atoms with E-state index in [4.69, 9.17) is 31.8 Å². The van der Waals surface area contributed by atoms with Crippen LogP contribution in [-0.2, 0) is 35.6 Å². The molecule has 2 aromatic heterocycles. The van der Waals surface area contributed by atoms with E-state index >= 15 is 0 Å². The number of ether oxygens (including phenoxy) is 2. The van der Waals surface area contributed by atoms with Gasteiger partial charge in [0.1, 0.15) is 5.69 Å². The van der Waals surface area contributed by atoms with E-state index in [1.807, 2.05) is 62.4 Å². The second-order valence-corrected chi connectivity index (χ2v) is 19.3. The molecule has 0 bridgehead atoms. The lowest BCUT2D eigenvalue weighted by molar-refractivity contribution is -0.0204. The summed E-state index contributed by atoms with van der Waals surface area (Å²) in [7, 11) is -6.54. The molecule has 2 aliphatic heterocycles. The predicted molar refractivity (Wildman–Crippen MR) is 238 cm³/mol. The van der Waals surface area contributed by atoms with E-state index in [9.17, 15) is 26.4 Å². The van der Waals surface area contributed by atoms with Crippen molar-refractivity contribution >= 4 is 48.8 Å². The monoisotopic (exact) mass is 893 g/mol. The van der Waals surface area contributed by atoms with E-state index in [1.165, 1.54) is 18.3 Å². The minimum absolute atomic E-state index is 0.0486. The van der Waals surface area contributed by atoms with Crippen LogP contribution in [0.4, 0.5) is 17.3 Å². The van der Waals surface area contributed by atoms with Gasteiger partial charge in [-0.15, -0.1) is 0 Å². The highest BCUT2D eigenvalue weighted by atomic mass is 32.2. The normalized spacial score (nSPS) is 13.9. The van der Waals surface area contributed by atoms with Crippen LogP contribution in [0, 0.1) is 25.7 Å². The molecule has 63 heavy (non-hydrogen) atoms. The number of anilines is 3. The molecular formula is C45H47N7O9S2. The van der Waals surface area contributed by atoms with Gasteiger partial charge in [-0.25, -0.2) is 41.6 Å². The average Bonchev–Trinajstić information content (AvgIpc) is 3.22. The van der Waals surface area contributed by atoms with Gasteiger partial charge in [0.05, 0.1) is 71.5 Å². The Morgan fingerprint density at radius 3 is 1.40 bits per heavy atom. The Morgan fingerprint density at radius 1 is 0.603 bits per heavy atom. The molecule has 4 aromatic carbocycles. The summed E-state index contributed by atoms with van der Waals surface area (Å²) in [6.07, 6.45) is 3.06. The van der Waals surface area contributed by atoms with Crippen LogP contribution >= 0.6 is 0 Å². The number of aromatic nitrogens is 4. The Labute approximate surface area is 365 Å². The molecule has 6 aromatic rings. The second kappa shape index (κ2) is 20.1. The molecule has 0 amide bonds. The van der Waals surface area contributed by atoms with E-state index < -0.39 is 25.6 Å². The van der Waals surface area contributed by atoms with Crippen LogP contribution in [0.25, 0.3) is 22.5 Å². The lowest BCUT2D eigenvalue weighted by atomic mass is 10.1. The highest BCUT2D eigenvalue weighted by molar-refractivity contribution is 7.91. The van der Waals surface area contributed by atoms with Gasteiger partial charge >= 0.3 is 5.97 Å². The number of hydrogen-bond acceptors (Lipinski definition) is 15. The molecule has 0 spiro atoms. The first-order valence-corrected chi connectivity index (χ1v) is 23.0. The van der Waals surface area contributed by atoms with Gasteiger partial charge in [-0.05, 0) is 55.8 Å². The van der Waals surface area contributed by atoms with Gasteiger partial charge in [-0.1, -0.05) is 71.8 Å². The molecule has 0 unspecified atom stereocenters. The van der Waals surface area contributed by atoms with Gasteiger partial charge in [0.2, 0.25) is 0 Å². The lowest BCUT2D eigenvalue weighted by Gasteiger charge is -2.25. The number of aryl methyl sites for hydroxylation is 2. The molecular weight excluding hydrogens is 847 g/mol. The maximum absolute atomic E-state index is 12.8. The van der Waals surface area contributed by atoms with E-state index in [1.54, 1.807) is 42.6 Å². The molecule has 8 rings (SSSR count). The first-order valence-electron chi connectivity index (χ1n) is 19.7. The number of carbonyl (C=O) groups excluding carboxylic acids is 1. The summed E-state index contributed by atoms with van der Waals surface area (Å²) in [5.74, 6) is -1.03. The van der Waals surface area contributed by atoms with Crippen LogP contribution in [0.3, 0.4) is 0 Å². The zero-order chi connectivity index (χ0) is 45.3. The fourth-order valence-corrected chi connectivity index (χ4v) is 9.33. The number of carboxylic acid groups (broad SMARTS) is 1. The van der Waals surface area contributed by atoms with Crippen molar-refractivity contribution in [2.24, 2.45) is 11.8 Å². The summed E-state index contributed by atoms with van der Waals surface area (Å²) in [6, 6.07) is 28.0. The number of nitrogens with zero attached hydrogens (tertiary/aromatic N) is 4. The zero-order valence-corrected chi connectivity index (χ0v) is 36.2. The van der Waals surface area contributed by atoms with Crippen LogP contribution in [0.2, 0.25) is 0 Å². The molecule has 2 fully saturated rings. The number of nitrogen functional groups attached to an aromatic ring is 3. The number of sulfone groups is 2. The fourth-order valence-electron chi connectivity index (χ4n) is 6.22. The number of carboxylic acids is 1. The van der Waals surface area contributed by atoms with Crippen molar-refractivity contribution in [2.45, 2.75) is 30.1 Å². The van der Waals surface area contributed by atoms with Crippen molar-refractivity contribution in [1.82, 2.24) is 19.9 Å². The summed E-state index contributed by atoms with van der Waals surface area (Å²) in [6.45, 7) is 6.03. The van der Waals surface area contributed by atoms with Crippen molar-refractivity contribution < 1.29 is 41.0 Å². The number of ketones is 1. The number of rotatable bonds is 12. The van der Waals surface area contributed by atoms with Gasteiger partial charge in [0, 0.05) is 35.1 Å². The lowest BCUT2D eigenvalue weighted by Crippen LogP contribution is -2.33. The molecule has 0 saturated carbocycles. The number of hydrogen-bond donors (Lipinski definition) is 4. The van der Waals surface area contributed by atoms with Gasteiger partial charge < -0.3 is 31.8 Å². The topological polar surface area (TPSA) is 271 Å². The van der Waals surface area contributed by atoms with Gasteiger partial charge in [-0.3, -0.25) is 4.79 Å². The summed E-state index contributed by atoms with van der Waals surface area (Å²) in [5, 5.41) is 8.90. The Hall–Kier alpha value is -6.60. The largest absolute Gasteiger partial charge is 0.476 e. The molecule has 18 heteroatoms. The van der Waals surface area contributed by atoms with Gasteiger partial charge in [-0.2, -0.15) is 0 Å². The number of nitrogens with two attached hydrogens (primary N) is 3. The molecule has 16 nitrogen and oxygen atoms in total. The highest BCUT2D eigenvalue weighted by Gasteiger charge is 2.28. The average molecular weight is 894 g/mol. The van der Waals surface area contributed by atoms with Gasteiger partial charge in [0.15, 0.2) is 42.8 Å². The molecule has 7 N–H and O–H groups in total. The molecule has 328 valence electrons. The number of aromatic carboxylic acids is 1. The standard InChI is InChI=1S/C23H23N3O4S.C12H11N3O2.C10H13NO3S/c1-15-2-6-18(7-3-15)20-11-25-23(24)22(26-20)21(27)10-16-4-8-19(9-5-16)31(28,29)14-17-12-30-13-17;1-7-2-4-8(5-3-7)9-6-14-11(13)10(15-9)12(16)17;11-9-1-3-10(4-2-9)15(12,13)7-8-5-14-6-8/h2-9,11,17H,10,12-14H2,1H3,(H2,24,25);2-6H,1H3,(H2,13,14)(H,16,17);1-4,8H,5-7,11H2. The first-order chi connectivity index (χ1) is 30.0. The molecule has 4 heterocycles. The molecule has 0 atom stereocenters. The Balaban J connectivity index is 0.000000174. The third-order valence-corrected chi connectivity index (χ3v) is 13.8. The summed E-state index contributed by atoms with van der Waals surface area (Å²) >= 11 is 0. The number of Topliss-reactive ketones (excluding diaryl/α,β-unsaturated/α-hetero) is 1. The zero-order valence-electron chi connectivity index (χ0n) is 34.5. The Kier molecular flexibility index (Phi) is 14.6. The quantitative estimate of drug-likeness (QED) is 0.0896. The van der Waals surface area contributed by atoms with E-state index in [0.717, 1.165) is 22.3 Å². The van der Waals surface area contributed by atoms with Crippen LogP contribution in [0.1, 0.15) is 37.7 Å². The SMILES string of the molecule is Cc1ccc(-c2cnc(N)c(C(=O)Cc3ccc(S(=O)(=O)CC4COC4)cc3)n2)cc1.Cc1ccc(-c2cnc(N)c(C(=O)O)n2)cc1.Nc1ccc(S(=O)(=O)CC2COC2)cc1. The highest BCUT2D eigenvalue weighted by Crippen LogP contribution is 2.24. The molecule has 2 aliphatic rings. The van der Waals surface area contributed by atoms with E-state index in [2.05, 4.69) is 19.9 Å². The molecule has 0 radical (unpaired) electrons. The molecule has 2 saturated heterocycles. The Morgan fingerprint density at radius 2 is 1.00 bits per heavy atom. The maximum atomic E-state index is 12.8. The Bertz CT molecular complexity index is 2780. The van der Waals surface area contributed by atoms with Crippen molar-refractivity contribution in [3.63, 3.8) is 0 Å². The number of carbonyl (C=O) groups is 2. The van der Waals surface area contributed by atoms with Crippen LogP contribution in [-0.4, -0.2) is 91.6 Å². The van der Waals surface area contributed by atoms with Crippen LogP contribution < -0.4 is 17.2 Å². The van der Waals surface area contributed by atoms with Crippen molar-refractivity contribution in [3.05, 3.63) is 138 Å². The minimum Gasteiger partial charge on any atom is -0.476 e. The summed E-state index contributed by atoms with van der Waals surface area (Å²) < 4.78 is 58.6. The predicted octanol–water partition coefficient (Wildman–Crippen LogP) is 5.30. The van der Waals surface area contributed by atoms with E-state index in [-0.39, 0.29) is 63.5 Å². The van der Waals surface area contributed by atoms with Crippen LogP contribution in [0.5, 0.6) is 0 Å². The third-order valence-electron chi connectivity index (χ3n) is 9.97. The minimum atomic E-state index is -3.37.